The fourth-order valence-electron chi connectivity index (χ4n) is 4.69. The summed E-state index contributed by atoms with van der Waals surface area (Å²) < 4.78 is 0. The third kappa shape index (κ3) is 4.28. The molecule has 0 radical (unpaired) electrons. The molecule has 1 N–H and O–H groups in total. The summed E-state index contributed by atoms with van der Waals surface area (Å²) in [5.41, 5.74) is 1.02. The van der Waals surface area contributed by atoms with Gasteiger partial charge in [0.05, 0.1) is 5.52 Å². The fraction of sp³-hybridized carbons (Fsp3) is 0.545. The molecule has 6 nitrogen and oxygen atoms in total. The third-order valence-corrected chi connectivity index (χ3v) is 6.34. The second kappa shape index (κ2) is 8.45. The number of anilines is 1. The van der Waals surface area contributed by atoms with Gasteiger partial charge in [0.2, 0.25) is 0 Å². The van der Waals surface area contributed by atoms with Crippen LogP contribution in [0.4, 0.5) is 5.82 Å². The highest BCUT2D eigenvalue weighted by Gasteiger charge is 2.35. The Morgan fingerprint density at radius 3 is 2.68 bits per heavy atom. The van der Waals surface area contributed by atoms with E-state index < -0.39 is 5.97 Å². The van der Waals surface area contributed by atoms with Crippen LogP contribution in [0, 0.1) is 5.92 Å². The maximum absolute atomic E-state index is 11.2. The lowest BCUT2D eigenvalue weighted by atomic mass is 9.86. The van der Waals surface area contributed by atoms with Crippen molar-refractivity contribution in [3.63, 3.8) is 0 Å². The van der Waals surface area contributed by atoms with Gasteiger partial charge in [-0.3, -0.25) is 9.69 Å². The number of benzene rings is 1. The number of carbonyl (C=O) groups is 1. The highest BCUT2D eigenvalue weighted by Crippen LogP contribution is 2.30. The zero-order chi connectivity index (χ0) is 19.5. The maximum Gasteiger partial charge on any atom is 0.303 e. The van der Waals surface area contributed by atoms with E-state index in [1.54, 1.807) is 0 Å². The Hall–Kier alpha value is -2.18. The Bertz CT molecular complexity index is 819. The van der Waals surface area contributed by atoms with Gasteiger partial charge in [0, 0.05) is 57.1 Å². The minimum Gasteiger partial charge on any atom is -0.481 e. The van der Waals surface area contributed by atoms with Crippen molar-refractivity contribution in [3.8, 4) is 0 Å². The fourth-order valence-corrected chi connectivity index (χ4v) is 4.69. The van der Waals surface area contributed by atoms with Crippen LogP contribution in [0.25, 0.3) is 10.9 Å². The number of piperidine rings is 1. The summed E-state index contributed by atoms with van der Waals surface area (Å²) in [7, 11) is 2.17. The summed E-state index contributed by atoms with van der Waals surface area (Å²) in [5, 5.41) is 10.4. The number of hydrogen-bond acceptors (Lipinski definition) is 5. The van der Waals surface area contributed by atoms with Crippen LogP contribution in [0.1, 0.15) is 19.3 Å². The van der Waals surface area contributed by atoms with Crippen molar-refractivity contribution in [3.05, 3.63) is 36.4 Å². The number of aliphatic carboxylic acids is 1. The number of carboxylic acid groups (broad SMARTS) is 1. The second-order valence-electron chi connectivity index (χ2n) is 8.20. The van der Waals surface area contributed by atoms with Gasteiger partial charge >= 0.3 is 5.97 Å². The summed E-state index contributed by atoms with van der Waals surface area (Å²) in [6.07, 6.45) is 2.05. The van der Waals surface area contributed by atoms with Gasteiger partial charge in [-0.2, -0.15) is 0 Å². The lowest BCUT2D eigenvalue weighted by Crippen LogP contribution is -2.56. The zero-order valence-electron chi connectivity index (χ0n) is 16.6. The third-order valence-electron chi connectivity index (χ3n) is 6.34. The maximum atomic E-state index is 11.2. The van der Waals surface area contributed by atoms with Crippen LogP contribution < -0.4 is 4.90 Å². The lowest BCUT2D eigenvalue weighted by molar-refractivity contribution is -0.137. The first kappa shape index (κ1) is 19.2. The quantitative estimate of drug-likeness (QED) is 0.858. The Balaban J connectivity index is 1.50. The van der Waals surface area contributed by atoms with Crippen molar-refractivity contribution < 1.29 is 9.90 Å². The van der Waals surface area contributed by atoms with Crippen molar-refractivity contribution in [2.24, 2.45) is 5.92 Å². The Labute approximate surface area is 166 Å². The molecule has 1 aromatic heterocycles. The number of fused-ring (bicyclic) bond motifs is 1. The molecule has 3 heterocycles. The largest absolute Gasteiger partial charge is 0.481 e. The van der Waals surface area contributed by atoms with E-state index in [1.807, 2.05) is 12.1 Å². The summed E-state index contributed by atoms with van der Waals surface area (Å²) in [5.74, 6) is 0.676. The summed E-state index contributed by atoms with van der Waals surface area (Å²) >= 11 is 0. The van der Waals surface area contributed by atoms with E-state index in [-0.39, 0.29) is 6.42 Å². The van der Waals surface area contributed by atoms with E-state index in [4.69, 9.17) is 4.98 Å². The molecular weight excluding hydrogens is 352 g/mol. The number of pyridine rings is 1. The van der Waals surface area contributed by atoms with Crippen LogP contribution in [0.3, 0.4) is 0 Å². The van der Waals surface area contributed by atoms with E-state index >= 15 is 0 Å². The first-order valence-electron chi connectivity index (χ1n) is 10.4. The summed E-state index contributed by atoms with van der Waals surface area (Å²) in [4.78, 5) is 23.4. The van der Waals surface area contributed by atoms with Crippen molar-refractivity contribution in [2.45, 2.75) is 25.3 Å². The molecular formula is C22H30N4O2. The molecule has 0 spiro atoms. The molecule has 0 saturated carbocycles. The van der Waals surface area contributed by atoms with Crippen molar-refractivity contribution in [1.29, 1.82) is 0 Å². The number of piperazine rings is 1. The smallest absolute Gasteiger partial charge is 0.303 e. The van der Waals surface area contributed by atoms with Crippen LogP contribution in [0.15, 0.2) is 36.4 Å². The Kier molecular flexibility index (Phi) is 5.78. The van der Waals surface area contributed by atoms with Crippen LogP contribution in [-0.4, -0.2) is 78.2 Å². The molecule has 0 amide bonds. The predicted molar refractivity (Wildman–Crippen MR) is 112 cm³/mol. The Morgan fingerprint density at radius 2 is 1.89 bits per heavy atom. The molecule has 6 heteroatoms. The molecule has 2 aliphatic heterocycles. The molecule has 0 aliphatic carbocycles. The summed E-state index contributed by atoms with van der Waals surface area (Å²) in [6.45, 7) is 6.22. The number of carboxylic acids is 1. The predicted octanol–water partition coefficient (Wildman–Crippen LogP) is 2.54. The minimum absolute atomic E-state index is 0.244. The lowest BCUT2D eigenvalue weighted by Gasteiger charge is -2.46. The molecule has 0 unspecified atom stereocenters. The van der Waals surface area contributed by atoms with E-state index in [9.17, 15) is 9.90 Å². The van der Waals surface area contributed by atoms with Crippen LogP contribution in [0.2, 0.25) is 0 Å². The van der Waals surface area contributed by atoms with Gasteiger partial charge in [-0.25, -0.2) is 4.98 Å². The van der Waals surface area contributed by atoms with Gasteiger partial charge in [-0.1, -0.05) is 18.2 Å². The number of aromatic nitrogens is 1. The van der Waals surface area contributed by atoms with Gasteiger partial charge in [0.25, 0.3) is 0 Å². The molecule has 0 bridgehead atoms. The van der Waals surface area contributed by atoms with E-state index in [2.05, 4.69) is 46.0 Å². The highest BCUT2D eigenvalue weighted by atomic mass is 16.4. The van der Waals surface area contributed by atoms with Crippen molar-refractivity contribution in [1.82, 2.24) is 14.8 Å². The number of rotatable bonds is 5. The van der Waals surface area contributed by atoms with E-state index in [0.29, 0.717) is 12.0 Å². The van der Waals surface area contributed by atoms with Crippen LogP contribution in [0.5, 0.6) is 0 Å². The van der Waals surface area contributed by atoms with E-state index in [0.717, 1.165) is 68.8 Å². The monoisotopic (exact) mass is 382 g/mol. The topological polar surface area (TPSA) is 59.9 Å². The van der Waals surface area contributed by atoms with Crippen molar-refractivity contribution in [2.75, 3.05) is 51.2 Å². The van der Waals surface area contributed by atoms with Gasteiger partial charge < -0.3 is 14.9 Å². The average Bonchev–Trinajstić information content (AvgIpc) is 2.72. The van der Waals surface area contributed by atoms with Gasteiger partial charge in [-0.15, -0.1) is 0 Å². The number of para-hydroxylation sites is 1. The molecule has 28 heavy (non-hydrogen) atoms. The minimum atomic E-state index is -0.696. The van der Waals surface area contributed by atoms with Gasteiger partial charge in [0.15, 0.2) is 0 Å². The average molecular weight is 383 g/mol. The zero-order valence-corrected chi connectivity index (χ0v) is 16.6. The molecule has 1 aromatic carbocycles. The van der Waals surface area contributed by atoms with Gasteiger partial charge in [-0.05, 0) is 44.0 Å². The molecule has 4 rings (SSSR count). The Morgan fingerprint density at radius 1 is 1.11 bits per heavy atom. The summed E-state index contributed by atoms with van der Waals surface area (Å²) in [6, 6.07) is 12.9. The SMILES string of the molecule is CN1CCN([C@H]2CCN(c3ccc4ccccc4n3)C[C@H]2CCC(=O)O)CC1. The molecule has 2 fully saturated rings. The number of hydrogen-bond donors (Lipinski definition) is 1. The van der Waals surface area contributed by atoms with Crippen LogP contribution in [-0.2, 0) is 4.79 Å². The normalized spacial score (nSPS) is 24.5. The molecule has 150 valence electrons. The molecule has 2 saturated heterocycles. The number of nitrogens with zero attached hydrogens (tertiary/aromatic N) is 4. The van der Waals surface area contributed by atoms with Crippen LogP contribution >= 0.6 is 0 Å². The van der Waals surface area contributed by atoms with E-state index in [1.165, 1.54) is 0 Å². The first-order chi connectivity index (χ1) is 13.6. The molecule has 2 atom stereocenters. The molecule has 2 aliphatic rings. The first-order valence-corrected chi connectivity index (χ1v) is 10.4. The molecule has 2 aromatic rings. The van der Waals surface area contributed by atoms with Crippen molar-refractivity contribution >= 4 is 22.7 Å². The standard InChI is InChI=1S/C22H30N4O2/c1-24-12-14-25(15-13-24)20-10-11-26(16-18(20)7-9-22(27)28)21-8-6-17-4-2-3-5-19(17)23-21/h2-6,8,18,20H,7,9-16H2,1H3,(H,27,28)/t18-,20+/m1/s1. The van der Waals surface area contributed by atoms with Gasteiger partial charge in [0.1, 0.15) is 5.82 Å². The number of likely N-dealkylation sites (N-methyl/N-ethyl adjacent to an activating group) is 1. The highest BCUT2D eigenvalue weighted by molar-refractivity contribution is 5.80. The second-order valence-corrected chi connectivity index (χ2v) is 8.20.